The number of urea groups is 1. The topological polar surface area (TPSA) is 83.3 Å². The molecule has 0 bridgehead atoms. The van der Waals surface area contributed by atoms with Crippen LogP contribution < -0.4 is 10.6 Å². The maximum absolute atomic E-state index is 12.6. The lowest BCUT2D eigenvalue weighted by Gasteiger charge is -2.39. The highest BCUT2D eigenvalue weighted by atomic mass is 16.5. The van der Waals surface area contributed by atoms with Gasteiger partial charge in [-0.05, 0) is 32.6 Å². The van der Waals surface area contributed by atoms with Crippen molar-refractivity contribution in [3.8, 4) is 0 Å². The van der Waals surface area contributed by atoms with Crippen LogP contribution in [0.3, 0.4) is 0 Å². The number of rotatable bonds is 4. The second-order valence-electron chi connectivity index (χ2n) is 7.67. The summed E-state index contributed by atoms with van der Waals surface area (Å²) in [6.45, 7) is 10.5. The summed E-state index contributed by atoms with van der Waals surface area (Å²) in [7, 11) is 0. The van der Waals surface area contributed by atoms with Crippen LogP contribution in [0.1, 0.15) is 64.2 Å². The van der Waals surface area contributed by atoms with Gasteiger partial charge >= 0.3 is 6.03 Å². The number of piperazine rings is 1. The Morgan fingerprint density at radius 2 is 2.17 bits per heavy atom. The lowest BCUT2D eigenvalue weighted by molar-refractivity contribution is 0.146. The van der Waals surface area contributed by atoms with E-state index < -0.39 is 0 Å². The number of hydrogen-bond donors (Lipinski definition) is 2. The van der Waals surface area contributed by atoms with Crippen LogP contribution in [0.2, 0.25) is 0 Å². The fourth-order valence-corrected chi connectivity index (χ4v) is 2.93. The van der Waals surface area contributed by atoms with Gasteiger partial charge in [0.05, 0.1) is 0 Å². The van der Waals surface area contributed by atoms with E-state index in [4.69, 9.17) is 4.52 Å². The van der Waals surface area contributed by atoms with Gasteiger partial charge in [-0.15, -0.1) is 0 Å². The smallest absolute Gasteiger partial charge is 0.318 e. The minimum Gasteiger partial charge on any atom is -0.337 e. The molecule has 1 aliphatic heterocycles. The number of amides is 2. The summed E-state index contributed by atoms with van der Waals surface area (Å²) in [5.41, 5.74) is -0.0629. The molecular weight excluding hydrogens is 294 g/mol. The van der Waals surface area contributed by atoms with E-state index in [1.54, 1.807) is 0 Å². The Bertz CT molecular complexity index is 565. The molecule has 23 heavy (non-hydrogen) atoms. The number of carbonyl (C=O) groups is 1. The van der Waals surface area contributed by atoms with Crippen molar-refractivity contribution in [1.29, 1.82) is 0 Å². The van der Waals surface area contributed by atoms with E-state index >= 15 is 0 Å². The molecule has 7 heteroatoms. The van der Waals surface area contributed by atoms with Crippen LogP contribution in [0.15, 0.2) is 4.52 Å². The molecule has 1 saturated heterocycles. The molecule has 0 radical (unpaired) electrons. The van der Waals surface area contributed by atoms with E-state index in [9.17, 15) is 4.79 Å². The number of aromatic nitrogens is 2. The number of nitrogens with one attached hydrogen (secondary N) is 2. The molecule has 1 unspecified atom stereocenters. The average Bonchev–Trinajstić information content (AvgIpc) is 3.21. The molecule has 7 nitrogen and oxygen atoms in total. The van der Waals surface area contributed by atoms with Crippen LogP contribution in [-0.2, 0) is 0 Å². The number of hydrogen-bond acceptors (Lipinski definition) is 5. The summed E-state index contributed by atoms with van der Waals surface area (Å²) in [5, 5.41) is 10.6. The zero-order valence-corrected chi connectivity index (χ0v) is 14.4. The van der Waals surface area contributed by atoms with Crippen LogP contribution in [0.25, 0.3) is 0 Å². The first-order valence-corrected chi connectivity index (χ1v) is 8.50. The lowest BCUT2D eigenvalue weighted by Crippen LogP contribution is -2.60. The van der Waals surface area contributed by atoms with Crippen LogP contribution in [-0.4, -0.2) is 46.2 Å². The third kappa shape index (κ3) is 3.83. The van der Waals surface area contributed by atoms with Gasteiger partial charge in [-0.25, -0.2) is 4.79 Å². The second kappa shape index (κ2) is 6.11. The molecule has 128 valence electrons. The molecule has 2 amide bonds. The predicted molar refractivity (Wildman–Crippen MR) is 86.0 cm³/mol. The molecule has 2 N–H and O–H groups in total. The molecule has 2 fully saturated rings. The Balaban J connectivity index is 1.67. The largest absolute Gasteiger partial charge is 0.337 e. The van der Waals surface area contributed by atoms with Crippen LogP contribution >= 0.6 is 0 Å². The molecule has 0 spiro atoms. The maximum atomic E-state index is 12.6. The fraction of sp³-hybridized carbons (Fsp3) is 0.812. The minimum atomic E-state index is -0.250. The third-order valence-corrected chi connectivity index (χ3v) is 4.47. The maximum Gasteiger partial charge on any atom is 0.318 e. The van der Waals surface area contributed by atoms with Gasteiger partial charge < -0.3 is 20.1 Å². The van der Waals surface area contributed by atoms with Crippen LogP contribution in [0.4, 0.5) is 4.79 Å². The van der Waals surface area contributed by atoms with Crippen molar-refractivity contribution >= 4 is 6.03 Å². The summed E-state index contributed by atoms with van der Waals surface area (Å²) in [6, 6.07) is -0.315. The Hall–Kier alpha value is -1.63. The third-order valence-electron chi connectivity index (χ3n) is 4.47. The van der Waals surface area contributed by atoms with Gasteiger partial charge in [-0.2, -0.15) is 4.98 Å². The zero-order chi connectivity index (χ0) is 16.6. The van der Waals surface area contributed by atoms with Gasteiger partial charge in [0, 0.05) is 31.1 Å². The van der Waals surface area contributed by atoms with Crippen LogP contribution in [0.5, 0.6) is 0 Å². The highest BCUT2D eigenvalue weighted by Gasteiger charge is 2.34. The van der Waals surface area contributed by atoms with Gasteiger partial charge in [0.1, 0.15) is 6.04 Å². The Kier molecular flexibility index (Phi) is 4.31. The van der Waals surface area contributed by atoms with Crippen molar-refractivity contribution in [2.24, 2.45) is 5.92 Å². The van der Waals surface area contributed by atoms with Gasteiger partial charge in [0.15, 0.2) is 5.82 Å². The van der Waals surface area contributed by atoms with Crippen molar-refractivity contribution in [2.45, 2.75) is 58.0 Å². The standard InChI is InChI=1S/C16H27N5O2/c1-10(2)12(14-19-13(20-23-14)11-5-6-11)18-15(22)21-8-7-17-16(3,4)9-21/h10-12,17H,5-9H2,1-4H3,(H,18,22). The molecule has 0 aromatic carbocycles. The monoisotopic (exact) mass is 321 g/mol. The predicted octanol–water partition coefficient (Wildman–Crippen LogP) is 2.04. The first-order valence-electron chi connectivity index (χ1n) is 8.50. The Morgan fingerprint density at radius 3 is 2.78 bits per heavy atom. The number of nitrogens with zero attached hydrogens (tertiary/aromatic N) is 3. The van der Waals surface area contributed by atoms with E-state index in [1.807, 2.05) is 18.7 Å². The molecule has 1 aromatic rings. The Labute approximate surface area is 137 Å². The van der Waals surface area contributed by atoms with Crippen molar-refractivity contribution in [3.05, 3.63) is 11.7 Å². The minimum absolute atomic E-state index is 0.0629. The zero-order valence-electron chi connectivity index (χ0n) is 14.4. The lowest BCUT2D eigenvalue weighted by atomic mass is 10.0. The van der Waals surface area contributed by atoms with E-state index in [2.05, 4.69) is 34.6 Å². The normalized spacial score (nSPS) is 22.2. The highest BCUT2D eigenvalue weighted by Crippen LogP contribution is 2.38. The van der Waals surface area contributed by atoms with Gasteiger partial charge in [0.2, 0.25) is 5.89 Å². The summed E-state index contributed by atoms with van der Waals surface area (Å²) < 4.78 is 5.41. The average molecular weight is 321 g/mol. The first kappa shape index (κ1) is 16.2. The summed E-state index contributed by atoms with van der Waals surface area (Å²) in [5.74, 6) is 1.93. The van der Waals surface area contributed by atoms with Gasteiger partial charge in [-0.3, -0.25) is 0 Å². The molecule has 1 aromatic heterocycles. The summed E-state index contributed by atoms with van der Waals surface area (Å²) in [6.07, 6.45) is 2.26. The van der Waals surface area contributed by atoms with Crippen molar-refractivity contribution in [3.63, 3.8) is 0 Å². The fourth-order valence-electron chi connectivity index (χ4n) is 2.93. The number of carbonyl (C=O) groups excluding carboxylic acids is 1. The molecule has 3 rings (SSSR count). The van der Waals surface area contributed by atoms with E-state index in [1.165, 1.54) is 0 Å². The summed E-state index contributed by atoms with van der Waals surface area (Å²) >= 11 is 0. The van der Waals surface area contributed by atoms with E-state index in [0.29, 0.717) is 24.9 Å². The Morgan fingerprint density at radius 1 is 1.43 bits per heavy atom. The molecule has 2 heterocycles. The van der Waals surface area contributed by atoms with E-state index in [-0.39, 0.29) is 23.5 Å². The molecular formula is C16H27N5O2. The second-order valence-corrected chi connectivity index (χ2v) is 7.67. The van der Waals surface area contributed by atoms with Crippen LogP contribution in [0, 0.1) is 5.92 Å². The highest BCUT2D eigenvalue weighted by molar-refractivity contribution is 5.75. The van der Waals surface area contributed by atoms with Gasteiger partial charge in [0.25, 0.3) is 0 Å². The quantitative estimate of drug-likeness (QED) is 0.886. The van der Waals surface area contributed by atoms with Crippen molar-refractivity contribution in [2.75, 3.05) is 19.6 Å². The molecule has 1 aliphatic carbocycles. The van der Waals surface area contributed by atoms with Gasteiger partial charge in [-0.1, -0.05) is 19.0 Å². The van der Waals surface area contributed by atoms with E-state index in [0.717, 1.165) is 25.2 Å². The summed E-state index contributed by atoms with van der Waals surface area (Å²) in [4.78, 5) is 19.0. The van der Waals surface area contributed by atoms with Crippen molar-refractivity contribution < 1.29 is 9.32 Å². The molecule has 2 aliphatic rings. The SMILES string of the molecule is CC(C)C(NC(=O)N1CCNC(C)(C)C1)c1nc(C2CC2)no1. The van der Waals surface area contributed by atoms with Crippen molar-refractivity contribution in [1.82, 2.24) is 25.7 Å². The molecule has 1 atom stereocenters. The first-order chi connectivity index (χ1) is 10.9. The molecule has 1 saturated carbocycles.